The zero-order valence-corrected chi connectivity index (χ0v) is 11.1. The zero-order chi connectivity index (χ0) is 12.4. The fraction of sp³-hybridized carbons (Fsp3) is 0.417. The summed E-state index contributed by atoms with van der Waals surface area (Å²) in [7, 11) is 0. The Hall–Kier alpha value is -1.07. The molecule has 17 heavy (non-hydrogen) atoms. The summed E-state index contributed by atoms with van der Waals surface area (Å²) in [4.78, 5) is 11.9. The quantitative estimate of drug-likeness (QED) is 0.748. The van der Waals surface area contributed by atoms with Crippen LogP contribution in [0.2, 0.25) is 0 Å². The lowest BCUT2D eigenvalue weighted by Gasteiger charge is -2.31. The number of halogens is 1. The standard InChI is InChI=1S/C12H15BrN2O2/c1-7(8-5-14-6-8)12(17)15-10-4-9(13)2-3-11(10)16/h2-4,7-8,14,16H,5-6H2,1H3,(H,15,17). The van der Waals surface area contributed by atoms with Gasteiger partial charge in [-0.3, -0.25) is 4.79 Å². The minimum atomic E-state index is -0.0510. The highest BCUT2D eigenvalue weighted by Crippen LogP contribution is 2.28. The van der Waals surface area contributed by atoms with Crippen molar-refractivity contribution in [1.82, 2.24) is 5.32 Å². The molecule has 5 heteroatoms. The second kappa shape index (κ2) is 5.06. The molecule has 1 amide bonds. The molecule has 1 aromatic carbocycles. The van der Waals surface area contributed by atoms with Crippen LogP contribution >= 0.6 is 15.9 Å². The molecule has 2 rings (SSSR count). The molecule has 1 aliphatic rings. The summed E-state index contributed by atoms with van der Waals surface area (Å²) in [5.41, 5.74) is 0.448. The van der Waals surface area contributed by atoms with E-state index in [9.17, 15) is 9.90 Å². The van der Waals surface area contributed by atoms with Gasteiger partial charge in [-0.05, 0) is 37.2 Å². The first-order valence-electron chi connectivity index (χ1n) is 5.58. The molecule has 0 bridgehead atoms. The van der Waals surface area contributed by atoms with Crippen LogP contribution in [0.3, 0.4) is 0 Å². The molecule has 1 saturated heterocycles. The predicted molar refractivity (Wildman–Crippen MR) is 70.0 cm³/mol. The molecule has 1 unspecified atom stereocenters. The third-order valence-corrected chi connectivity index (χ3v) is 3.64. The molecule has 4 nitrogen and oxygen atoms in total. The van der Waals surface area contributed by atoms with Gasteiger partial charge in [-0.15, -0.1) is 0 Å². The van der Waals surface area contributed by atoms with Crippen LogP contribution in [-0.4, -0.2) is 24.1 Å². The third kappa shape index (κ3) is 2.79. The molecule has 1 fully saturated rings. The fourth-order valence-electron chi connectivity index (χ4n) is 1.73. The van der Waals surface area contributed by atoms with E-state index in [2.05, 4.69) is 26.6 Å². The highest BCUT2D eigenvalue weighted by Gasteiger charge is 2.28. The molecular formula is C12H15BrN2O2. The molecule has 0 radical (unpaired) electrons. The number of carbonyl (C=O) groups excluding carboxylic acids is 1. The number of phenols is 1. The molecule has 0 spiro atoms. The molecule has 3 N–H and O–H groups in total. The second-order valence-electron chi connectivity index (χ2n) is 4.36. The number of nitrogens with one attached hydrogen (secondary N) is 2. The Bertz CT molecular complexity index is 433. The highest BCUT2D eigenvalue weighted by molar-refractivity contribution is 9.10. The zero-order valence-electron chi connectivity index (χ0n) is 9.53. The van der Waals surface area contributed by atoms with E-state index in [4.69, 9.17) is 0 Å². The van der Waals surface area contributed by atoms with E-state index < -0.39 is 0 Å². The lowest BCUT2D eigenvalue weighted by molar-refractivity contribution is -0.121. The number of phenolic OH excluding ortho intramolecular Hbond substituents is 1. The average molecular weight is 299 g/mol. The van der Waals surface area contributed by atoms with E-state index in [0.29, 0.717) is 11.6 Å². The van der Waals surface area contributed by atoms with Gasteiger partial charge in [-0.25, -0.2) is 0 Å². The smallest absolute Gasteiger partial charge is 0.227 e. The van der Waals surface area contributed by atoms with Crippen molar-refractivity contribution in [2.24, 2.45) is 11.8 Å². The van der Waals surface area contributed by atoms with E-state index in [1.807, 2.05) is 6.92 Å². The van der Waals surface area contributed by atoms with Crippen LogP contribution in [-0.2, 0) is 4.79 Å². The highest BCUT2D eigenvalue weighted by atomic mass is 79.9. The van der Waals surface area contributed by atoms with Crippen molar-refractivity contribution in [3.05, 3.63) is 22.7 Å². The Morgan fingerprint density at radius 2 is 2.29 bits per heavy atom. The van der Waals surface area contributed by atoms with Crippen LogP contribution in [0.4, 0.5) is 5.69 Å². The first-order valence-corrected chi connectivity index (χ1v) is 6.37. The Morgan fingerprint density at radius 3 is 2.88 bits per heavy atom. The normalized spacial score (nSPS) is 17.3. The van der Waals surface area contributed by atoms with E-state index in [0.717, 1.165) is 17.6 Å². The Labute approximate surface area is 109 Å². The summed E-state index contributed by atoms with van der Waals surface area (Å²) >= 11 is 3.30. The van der Waals surface area contributed by atoms with Gasteiger partial charge in [0.1, 0.15) is 5.75 Å². The van der Waals surface area contributed by atoms with E-state index in [1.54, 1.807) is 18.2 Å². The average Bonchev–Trinajstić information content (AvgIpc) is 2.21. The predicted octanol–water partition coefficient (Wildman–Crippen LogP) is 1.95. The minimum absolute atomic E-state index is 0.0466. The molecule has 0 aliphatic carbocycles. The van der Waals surface area contributed by atoms with Gasteiger partial charge in [0.25, 0.3) is 0 Å². The summed E-state index contributed by atoms with van der Waals surface area (Å²) in [6.45, 7) is 3.69. The van der Waals surface area contributed by atoms with Gasteiger partial charge in [-0.2, -0.15) is 0 Å². The largest absolute Gasteiger partial charge is 0.506 e. The number of anilines is 1. The van der Waals surface area contributed by atoms with E-state index in [1.165, 1.54) is 0 Å². The lowest BCUT2D eigenvalue weighted by Crippen LogP contribution is -2.48. The number of benzene rings is 1. The molecule has 1 atom stereocenters. The number of aromatic hydroxyl groups is 1. The van der Waals surface area contributed by atoms with Gasteiger partial charge in [0.2, 0.25) is 5.91 Å². The van der Waals surface area contributed by atoms with Crippen molar-refractivity contribution < 1.29 is 9.90 Å². The fourth-order valence-corrected chi connectivity index (χ4v) is 2.09. The SMILES string of the molecule is CC(C(=O)Nc1cc(Br)ccc1O)C1CNC1. The summed E-state index contributed by atoms with van der Waals surface area (Å²) in [5.74, 6) is 0.379. The van der Waals surface area contributed by atoms with E-state index >= 15 is 0 Å². The van der Waals surface area contributed by atoms with Crippen molar-refractivity contribution in [1.29, 1.82) is 0 Å². The first-order chi connectivity index (χ1) is 8.08. The van der Waals surface area contributed by atoms with Gasteiger partial charge >= 0.3 is 0 Å². The van der Waals surface area contributed by atoms with Crippen molar-refractivity contribution in [2.45, 2.75) is 6.92 Å². The van der Waals surface area contributed by atoms with Crippen molar-refractivity contribution >= 4 is 27.5 Å². The Balaban J connectivity index is 2.04. The first kappa shape index (κ1) is 12.4. The van der Waals surface area contributed by atoms with Crippen LogP contribution in [0.25, 0.3) is 0 Å². The van der Waals surface area contributed by atoms with Gasteiger partial charge in [0.05, 0.1) is 5.69 Å². The maximum absolute atomic E-state index is 11.9. The van der Waals surface area contributed by atoms with E-state index in [-0.39, 0.29) is 17.6 Å². The number of amides is 1. The van der Waals surface area contributed by atoms with Crippen LogP contribution in [0, 0.1) is 11.8 Å². The van der Waals surface area contributed by atoms with Crippen LogP contribution < -0.4 is 10.6 Å². The third-order valence-electron chi connectivity index (χ3n) is 3.15. The van der Waals surface area contributed by atoms with Gasteiger partial charge in [0, 0.05) is 10.4 Å². The summed E-state index contributed by atoms with van der Waals surface area (Å²) in [6.07, 6.45) is 0. The summed E-state index contributed by atoms with van der Waals surface area (Å²) in [5, 5.41) is 15.5. The van der Waals surface area contributed by atoms with Gasteiger partial charge in [0.15, 0.2) is 0 Å². The van der Waals surface area contributed by atoms with Crippen molar-refractivity contribution in [2.75, 3.05) is 18.4 Å². The summed E-state index contributed by atoms with van der Waals surface area (Å²) in [6, 6.07) is 4.97. The second-order valence-corrected chi connectivity index (χ2v) is 5.27. The lowest BCUT2D eigenvalue weighted by atomic mass is 9.88. The number of hydrogen-bond acceptors (Lipinski definition) is 3. The number of hydrogen-bond donors (Lipinski definition) is 3. The number of carbonyl (C=O) groups is 1. The molecule has 1 heterocycles. The molecular weight excluding hydrogens is 284 g/mol. The van der Waals surface area contributed by atoms with Crippen LogP contribution in [0.5, 0.6) is 5.75 Å². The topological polar surface area (TPSA) is 61.4 Å². The molecule has 1 aromatic rings. The maximum atomic E-state index is 11.9. The Morgan fingerprint density at radius 1 is 1.59 bits per heavy atom. The molecule has 92 valence electrons. The van der Waals surface area contributed by atoms with Gasteiger partial charge < -0.3 is 15.7 Å². The van der Waals surface area contributed by atoms with Crippen molar-refractivity contribution in [3.63, 3.8) is 0 Å². The Kier molecular flexibility index (Phi) is 3.69. The minimum Gasteiger partial charge on any atom is -0.506 e. The molecule has 1 aliphatic heterocycles. The summed E-state index contributed by atoms with van der Waals surface area (Å²) < 4.78 is 0.823. The molecule has 0 saturated carbocycles. The van der Waals surface area contributed by atoms with Crippen LogP contribution in [0.15, 0.2) is 22.7 Å². The maximum Gasteiger partial charge on any atom is 0.227 e. The van der Waals surface area contributed by atoms with Gasteiger partial charge in [-0.1, -0.05) is 22.9 Å². The van der Waals surface area contributed by atoms with Crippen molar-refractivity contribution in [3.8, 4) is 5.75 Å². The monoisotopic (exact) mass is 298 g/mol. The number of rotatable bonds is 3. The van der Waals surface area contributed by atoms with Crippen LogP contribution in [0.1, 0.15) is 6.92 Å². The molecule has 0 aromatic heterocycles.